The summed E-state index contributed by atoms with van der Waals surface area (Å²) in [6.45, 7) is -2.70. The molecule has 2 rings (SSSR count). The quantitative estimate of drug-likeness (QED) is 0.568. The van der Waals surface area contributed by atoms with Gasteiger partial charge in [-0.25, -0.2) is 4.98 Å². The summed E-state index contributed by atoms with van der Waals surface area (Å²) < 4.78 is 25.4. The molecule has 0 bridgehead atoms. The highest BCUT2D eigenvalue weighted by Gasteiger charge is 2.13. The molecule has 0 saturated heterocycles. The van der Waals surface area contributed by atoms with Crippen LogP contribution in [0.3, 0.4) is 0 Å². The van der Waals surface area contributed by atoms with E-state index in [1.54, 1.807) is 0 Å². The van der Waals surface area contributed by atoms with E-state index >= 15 is 0 Å². The first-order chi connectivity index (χ1) is 7.09. The molecule has 2 aromatic rings. The van der Waals surface area contributed by atoms with Gasteiger partial charge in [-0.2, -0.15) is 8.78 Å². The number of nitro benzene ring substituents is 1. The average Bonchev–Trinajstić information content (AvgIpc) is 2.59. The highest BCUT2D eigenvalue weighted by molar-refractivity contribution is 5.78. The lowest BCUT2D eigenvalue weighted by molar-refractivity contribution is -0.384. The van der Waals surface area contributed by atoms with Gasteiger partial charge in [0.05, 0.1) is 16.0 Å². The third kappa shape index (κ3) is 1.51. The van der Waals surface area contributed by atoms with Crippen molar-refractivity contribution in [3.63, 3.8) is 0 Å². The van der Waals surface area contributed by atoms with Crippen LogP contribution in [-0.2, 0) is 0 Å². The van der Waals surface area contributed by atoms with E-state index in [2.05, 4.69) is 4.98 Å². The second-order valence-corrected chi connectivity index (χ2v) is 2.86. The fourth-order valence-corrected chi connectivity index (χ4v) is 1.29. The number of fused-ring (bicyclic) bond motifs is 1. The van der Waals surface area contributed by atoms with Gasteiger partial charge in [0.15, 0.2) is 0 Å². The number of imidazole rings is 1. The van der Waals surface area contributed by atoms with Crippen molar-refractivity contribution in [2.24, 2.45) is 0 Å². The Morgan fingerprint density at radius 1 is 1.47 bits per heavy atom. The number of nitrogens with zero attached hydrogens (tertiary/aromatic N) is 3. The summed E-state index contributed by atoms with van der Waals surface area (Å²) in [5.41, 5.74) is 0.196. The Kier molecular flexibility index (Phi) is 2.07. The van der Waals surface area contributed by atoms with Crippen LogP contribution in [0.2, 0.25) is 0 Å². The van der Waals surface area contributed by atoms with Crippen LogP contribution in [0.5, 0.6) is 0 Å². The molecule has 0 aliphatic carbocycles. The van der Waals surface area contributed by atoms with Crippen LogP contribution in [0.15, 0.2) is 24.5 Å². The van der Waals surface area contributed by atoms with E-state index in [1.165, 1.54) is 12.1 Å². The van der Waals surface area contributed by atoms with Gasteiger partial charge < -0.3 is 0 Å². The molecule has 1 aromatic carbocycles. The molecule has 7 heteroatoms. The van der Waals surface area contributed by atoms with Crippen molar-refractivity contribution < 1.29 is 13.7 Å². The van der Waals surface area contributed by atoms with Gasteiger partial charge in [-0.1, -0.05) is 0 Å². The molecular formula is C8H5F2N3O2. The topological polar surface area (TPSA) is 61.0 Å². The number of nitro groups is 1. The summed E-state index contributed by atoms with van der Waals surface area (Å²) in [6.07, 6.45) is 0.957. The maximum atomic E-state index is 12.4. The van der Waals surface area contributed by atoms with Gasteiger partial charge in [0.1, 0.15) is 6.33 Å². The first kappa shape index (κ1) is 9.50. The van der Waals surface area contributed by atoms with Crippen LogP contribution in [0.25, 0.3) is 11.0 Å². The summed E-state index contributed by atoms with van der Waals surface area (Å²) in [6, 6.07) is 3.59. The summed E-state index contributed by atoms with van der Waals surface area (Å²) in [5, 5.41) is 10.4. The summed E-state index contributed by atoms with van der Waals surface area (Å²) in [4.78, 5) is 13.5. The Morgan fingerprint density at radius 2 is 2.20 bits per heavy atom. The highest BCUT2D eigenvalue weighted by atomic mass is 19.3. The fraction of sp³-hybridized carbons (Fsp3) is 0.125. The van der Waals surface area contributed by atoms with Crippen LogP contribution in [0.4, 0.5) is 14.5 Å². The largest absolute Gasteiger partial charge is 0.320 e. The third-order valence-corrected chi connectivity index (χ3v) is 1.98. The van der Waals surface area contributed by atoms with Gasteiger partial charge in [0, 0.05) is 12.1 Å². The molecule has 1 aromatic heterocycles. The molecule has 0 aliphatic heterocycles. The minimum Gasteiger partial charge on any atom is -0.273 e. The summed E-state index contributed by atoms with van der Waals surface area (Å²) >= 11 is 0. The van der Waals surface area contributed by atoms with Crippen molar-refractivity contribution in [2.45, 2.75) is 6.55 Å². The predicted molar refractivity (Wildman–Crippen MR) is 47.6 cm³/mol. The lowest BCUT2D eigenvalue weighted by atomic mass is 10.3. The van der Waals surface area contributed by atoms with E-state index in [4.69, 9.17) is 0 Å². The fourth-order valence-electron chi connectivity index (χ4n) is 1.29. The first-order valence-electron chi connectivity index (χ1n) is 3.99. The number of hydrogen-bond donors (Lipinski definition) is 0. The maximum Gasteiger partial charge on any atom is 0.320 e. The third-order valence-electron chi connectivity index (χ3n) is 1.98. The van der Waals surface area contributed by atoms with E-state index in [0.717, 1.165) is 12.4 Å². The SMILES string of the molecule is O=[N+]([O-])c1ccc2c(c1)ncn2C(F)F. The molecule has 78 valence electrons. The molecule has 0 spiro atoms. The van der Waals surface area contributed by atoms with Crippen LogP contribution in [0, 0.1) is 10.1 Å². The van der Waals surface area contributed by atoms with Crippen molar-refractivity contribution in [1.82, 2.24) is 9.55 Å². The van der Waals surface area contributed by atoms with E-state index in [0.29, 0.717) is 4.57 Å². The predicted octanol–water partition coefficient (Wildman–Crippen LogP) is 2.34. The molecular weight excluding hydrogens is 208 g/mol. The lowest BCUT2D eigenvalue weighted by Crippen LogP contribution is -1.95. The minimum atomic E-state index is -2.70. The zero-order valence-electron chi connectivity index (χ0n) is 7.30. The standard InChI is InChI=1S/C8H5F2N3O2/c9-8(10)12-4-11-6-3-5(13(14)15)1-2-7(6)12/h1-4,8H. The minimum absolute atomic E-state index is 0.165. The zero-order chi connectivity index (χ0) is 11.0. The molecule has 1 heterocycles. The van der Waals surface area contributed by atoms with Crippen molar-refractivity contribution in [2.75, 3.05) is 0 Å². The number of hydrogen-bond acceptors (Lipinski definition) is 3. The Hall–Kier alpha value is -2.05. The molecule has 0 saturated carbocycles. The second kappa shape index (κ2) is 3.26. The number of halogens is 2. The monoisotopic (exact) mass is 213 g/mol. The maximum absolute atomic E-state index is 12.4. The van der Waals surface area contributed by atoms with E-state index < -0.39 is 11.5 Å². The van der Waals surface area contributed by atoms with Crippen LogP contribution in [-0.4, -0.2) is 14.5 Å². The molecule has 0 radical (unpaired) electrons. The Labute approximate surface area is 82.1 Å². The van der Waals surface area contributed by atoms with Gasteiger partial charge in [-0.15, -0.1) is 0 Å². The molecule has 0 atom stereocenters. The average molecular weight is 213 g/mol. The van der Waals surface area contributed by atoms with Gasteiger partial charge in [-0.3, -0.25) is 14.7 Å². The molecule has 0 N–H and O–H groups in total. The van der Waals surface area contributed by atoms with Gasteiger partial charge in [-0.05, 0) is 6.07 Å². The highest BCUT2D eigenvalue weighted by Crippen LogP contribution is 2.23. The Balaban J connectivity index is 2.61. The molecule has 5 nitrogen and oxygen atoms in total. The molecule has 15 heavy (non-hydrogen) atoms. The summed E-state index contributed by atoms with van der Waals surface area (Å²) in [5.74, 6) is 0. The molecule has 0 aliphatic rings. The van der Waals surface area contributed by atoms with E-state index in [-0.39, 0.29) is 16.7 Å². The van der Waals surface area contributed by atoms with Gasteiger partial charge >= 0.3 is 6.55 Å². The number of rotatable bonds is 2. The normalized spacial score (nSPS) is 11.1. The smallest absolute Gasteiger partial charge is 0.273 e. The number of benzene rings is 1. The summed E-state index contributed by atoms with van der Waals surface area (Å²) in [7, 11) is 0. The lowest BCUT2D eigenvalue weighted by Gasteiger charge is -2.00. The van der Waals surface area contributed by atoms with Gasteiger partial charge in [0.2, 0.25) is 0 Å². The van der Waals surface area contributed by atoms with E-state index in [1.807, 2.05) is 0 Å². The van der Waals surface area contributed by atoms with Crippen molar-refractivity contribution in [3.05, 3.63) is 34.6 Å². The number of aromatic nitrogens is 2. The van der Waals surface area contributed by atoms with E-state index in [9.17, 15) is 18.9 Å². The second-order valence-electron chi connectivity index (χ2n) is 2.86. The molecule has 0 unspecified atom stereocenters. The van der Waals surface area contributed by atoms with Crippen molar-refractivity contribution >= 4 is 16.7 Å². The van der Waals surface area contributed by atoms with Crippen molar-refractivity contribution in [3.8, 4) is 0 Å². The Bertz CT molecular complexity index is 524. The van der Waals surface area contributed by atoms with Crippen LogP contribution in [0.1, 0.15) is 6.55 Å². The Morgan fingerprint density at radius 3 is 2.80 bits per heavy atom. The molecule has 0 fully saturated rings. The van der Waals surface area contributed by atoms with Crippen LogP contribution >= 0.6 is 0 Å². The van der Waals surface area contributed by atoms with Gasteiger partial charge in [0.25, 0.3) is 5.69 Å². The number of non-ortho nitro benzene ring substituents is 1. The number of alkyl halides is 2. The zero-order valence-corrected chi connectivity index (χ0v) is 7.30. The molecule has 0 amide bonds. The van der Waals surface area contributed by atoms with Crippen molar-refractivity contribution in [1.29, 1.82) is 0 Å². The van der Waals surface area contributed by atoms with Crippen LogP contribution < -0.4 is 0 Å². The first-order valence-corrected chi connectivity index (χ1v) is 3.99.